The zero-order valence-electron chi connectivity index (χ0n) is 13.8. The van der Waals surface area contributed by atoms with E-state index in [0.717, 1.165) is 24.1 Å². The molecule has 0 saturated heterocycles. The second-order valence-electron chi connectivity index (χ2n) is 6.52. The van der Waals surface area contributed by atoms with Crippen LogP contribution >= 0.6 is 0 Å². The van der Waals surface area contributed by atoms with Crippen LogP contribution in [0.3, 0.4) is 0 Å². The van der Waals surface area contributed by atoms with Crippen LogP contribution in [0.2, 0.25) is 0 Å². The molecule has 1 saturated carbocycles. The summed E-state index contributed by atoms with van der Waals surface area (Å²) in [6.07, 6.45) is 3.16. The average molecular weight is 327 g/mol. The Labute approximate surface area is 140 Å². The van der Waals surface area contributed by atoms with Crippen LogP contribution in [0.5, 0.6) is 0 Å². The van der Waals surface area contributed by atoms with Crippen LogP contribution in [-0.2, 0) is 11.3 Å². The van der Waals surface area contributed by atoms with Crippen molar-refractivity contribution in [1.82, 2.24) is 15.1 Å². The van der Waals surface area contributed by atoms with E-state index in [1.807, 2.05) is 37.3 Å². The molecule has 0 unspecified atom stereocenters. The highest BCUT2D eigenvalue weighted by molar-refractivity contribution is 5.98. The predicted molar refractivity (Wildman–Crippen MR) is 88.7 cm³/mol. The second-order valence-corrected chi connectivity index (χ2v) is 6.52. The Bertz CT molecular complexity index is 765. The van der Waals surface area contributed by atoms with E-state index in [1.54, 1.807) is 11.6 Å². The van der Waals surface area contributed by atoms with Gasteiger partial charge in [0.05, 0.1) is 18.3 Å². The molecule has 126 valence electrons. The molecule has 1 atom stereocenters. The smallest absolute Gasteiger partial charge is 0.329 e. The summed E-state index contributed by atoms with van der Waals surface area (Å²) in [4.78, 5) is 24.1. The topological polar surface area (TPSA) is 84.2 Å². The number of carbonyl (C=O) groups excluding carboxylic acids is 1. The first-order valence-corrected chi connectivity index (χ1v) is 8.04. The SMILES string of the molecule is Cc1c(C(=O)N[C@@](C)(C(=O)O)C2CC2)cnn1Cc1ccccc1. The number of nitrogens with one attached hydrogen (secondary N) is 1. The molecule has 1 heterocycles. The largest absolute Gasteiger partial charge is 0.480 e. The highest BCUT2D eigenvalue weighted by atomic mass is 16.4. The van der Waals surface area contributed by atoms with Crippen LogP contribution in [0.25, 0.3) is 0 Å². The van der Waals surface area contributed by atoms with Crippen molar-refractivity contribution in [2.75, 3.05) is 0 Å². The number of aromatic nitrogens is 2. The first-order chi connectivity index (χ1) is 11.4. The molecule has 0 radical (unpaired) electrons. The van der Waals surface area contributed by atoms with Crippen LogP contribution in [0.4, 0.5) is 0 Å². The fourth-order valence-corrected chi connectivity index (χ4v) is 2.88. The molecule has 0 aliphatic heterocycles. The van der Waals surface area contributed by atoms with Crippen molar-refractivity contribution in [3.63, 3.8) is 0 Å². The maximum absolute atomic E-state index is 12.6. The summed E-state index contributed by atoms with van der Waals surface area (Å²) in [5, 5.41) is 16.4. The van der Waals surface area contributed by atoms with Gasteiger partial charge in [0.2, 0.25) is 0 Å². The van der Waals surface area contributed by atoms with E-state index in [2.05, 4.69) is 10.4 Å². The van der Waals surface area contributed by atoms with Crippen molar-refractivity contribution in [1.29, 1.82) is 0 Å². The normalized spacial score (nSPS) is 16.4. The van der Waals surface area contributed by atoms with E-state index in [-0.39, 0.29) is 11.8 Å². The molecule has 1 amide bonds. The number of hydrogen-bond acceptors (Lipinski definition) is 3. The number of nitrogens with zero attached hydrogens (tertiary/aromatic N) is 2. The summed E-state index contributed by atoms with van der Waals surface area (Å²) in [7, 11) is 0. The molecular formula is C18H21N3O3. The van der Waals surface area contributed by atoms with Gasteiger partial charge in [0.15, 0.2) is 0 Å². The summed E-state index contributed by atoms with van der Waals surface area (Å²) in [5.41, 5.74) is 1.01. The van der Waals surface area contributed by atoms with Gasteiger partial charge < -0.3 is 10.4 Å². The van der Waals surface area contributed by atoms with E-state index in [0.29, 0.717) is 12.1 Å². The van der Waals surface area contributed by atoms with Crippen molar-refractivity contribution in [3.05, 3.63) is 53.3 Å². The second kappa shape index (κ2) is 6.11. The molecule has 1 aliphatic carbocycles. The average Bonchev–Trinajstić information content (AvgIpc) is 3.34. The van der Waals surface area contributed by atoms with Gasteiger partial charge in [-0.15, -0.1) is 0 Å². The fourth-order valence-electron chi connectivity index (χ4n) is 2.88. The molecule has 1 aromatic carbocycles. The molecule has 0 bridgehead atoms. The van der Waals surface area contributed by atoms with E-state index >= 15 is 0 Å². The van der Waals surface area contributed by atoms with Crippen LogP contribution < -0.4 is 5.32 Å². The Hall–Kier alpha value is -2.63. The van der Waals surface area contributed by atoms with E-state index in [4.69, 9.17) is 0 Å². The Kier molecular flexibility index (Phi) is 4.13. The minimum atomic E-state index is -1.22. The predicted octanol–water partition coefficient (Wildman–Crippen LogP) is 2.22. The van der Waals surface area contributed by atoms with Gasteiger partial charge in [-0.3, -0.25) is 9.48 Å². The van der Waals surface area contributed by atoms with E-state index in [1.165, 1.54) is 6.20 Å². The zero-order chi connectivity index (χ0) is 17.3. The van der Waals surface area contributed by atoms with Crippen LogP contribution in [-0.4, -0.2) is 32.3 Å². The van der Waals surface area contributed by atoms with Gasteiger partial charge in [-0.2, -0.15) is 5.10 Å². The number of carbonyl (C=O) groups is 2. The molecule has 6 nitrogen and oxygen atoms in total. The lowest BCUT2D eigenvalue weighted by Crippen LogP contribution is -2.54. The number of aliphatic carboxylic acids is 1. The number of carboxylic acid groups (broad SMARTS) is 1. The first kappa shape index (κ1) is 16.2. The van der Waals surface area contributed by atoms with Crippen LogP contribution in [0, 0.1) is 12.8 Å². The van der Waals surface area contributed by atoms with Crippen molar-refractivity contribution >= 4 is 11.9 Å². The highest BCUT2D eigenvalue weighted by Gasteiger charge is 2.48. The van der Waals surface area contributed by atoms with Crippen LogP contribution in [0.15, 0.2) is 36.5 Å². The van der Waals surface area contributed by atoms with Gasteiger partial charge in [-0.25, -0.2) is 4.79 Å². The number of amides is 1. The van der Waals surface area contributed by atoms with Crippen molar-refractivity contribution < 1.29 is 14.7 Å². The van der Waals surface area contributed by atoms with Gasteiger partial charge in [0.25, 0.3) is 5.91 Å². The molecule has 6 heteroatoms. The fraction of sp³-hybridized carbons (Fsp3) is 0.389. The number of carboxylic acids is 1. The number of benzene rings is 1. The maximum atomic E-state index is 12.6. The van der Waals surface area contributed by atoms with E-state index in [9.17, 15) is 14.7 Å². The summed E-state index contributed by atoms with van der Waals surface area (Å²) in [6, 6.07) is 9.85. The third kappa shape index (κ3) is 3.04. The Morgan fingerprint density at radius 2 is 2.00 bits per heavy atom. The lowest BCUT2D eigenvalue weighted by atomic mass is 9.95. The molecule has 2 aromatic rings. The van der Waals surface area contributed by atoms with Gasteiger partial charge in [-0.1, -0.05) is 30.3 Å². The van der Waals surface area contributed by atoms with Gasteiger partial charge in [-0.05, 0) is 38.2 Å². The minimum absolute atomic E-state index is 0.00128. The minimum Gasteiger partial charge on any atom is -0.480 e. The van der Waals surface area contributed by atoms with Crippen molar-refractivity contribution in [2.45, 2.75) is 38.8 Å². The summed E-state index contributed by atoms with van der Waals surface area (Å²) < 4.78 is 1.75. The van der Waals surface area contributed by atoms with Gasteiger partial charge >= 0.3 is 5.97 Å². The molecule has 2 N–H and O–H groups in total. The molecule has 1 fully saturated rings. The van der Waals surface area contributed by atoms with Gasteiger partial charge in [0.1, 0.15) is 5.54 Å². The summed E-state index contributed by atoms with van der Waals surface area (Å²) >= 11 is 0. The zero-order valence-corrected chi connectivity index (χ0v) is 13.8. The Balaban J connectivity index is 1.77. The summed E-state index contributed by atoms with van der Waals surface area (Å²) in [6.45, 7) is 3.97. The monoisotopic (exact) mass is 327 g/mol. The number of rotatable bonds is 6. The molecular weight excluding hydrogens is 306 g/mol. The number of hydrogen-bond donors (Lipinski definition) is 2. The van der Waals surface area contributed by atoms with Crippen LogP contribution in [0.1, 0.15) is 41.4 Å². The Morgan fingerprint density at radius 1 is 1.33 bits per heavy atom. The third-order valence-electron chi connectivity index (χ3n) is 4.73. The summed E-state index contributed by atoms with van der Waals surface area (Å²) in [5.74, 6) is -1.38. The molecule has 1 aliphatic rings. The van der Waals surface area contributed by atoms with E-state index < -0.39 is 11.5 Å². The molecule has 24 heavy (non-hydrogen) atoms. The standard InChI is InChI=1S/C18H21N3O3/c1-12-15(10-19-21(12)11-13-6-4-3-5-7-13)16(22)20-18(2,17(23)24)14-8-9-14/h3-7,10,14H,8-9,11H2,1-2H3,(H,20,22)(H,23,24)/t18-/m1/s1. The lowest BCUT2D eigenvalue weighted by Gasteiger charge is -2.26. The van der Waals surface area contributed by atoms with Crippen molar-refractivity contribution in [3.8, 4) is 0 Å². The van der Waals surface area contributed by atoms with Crippen molar-refractivity contribution in [2.24, 2.45) is 5.92 Å². The first-order valence-electron chi connectivity index (χ1n) is 8.04. The Morgan fingerprint density at radius 3 is 2.58 bits per heavy atom. The third-order valence-corrected chi connectivity index (χ3v) is 4.73. The maximum Gasteiger partial charge on any atom is 0.329 e. The quantitative estimate of drug-likeness (QED) is 0.852. The lowest BCUT2D eigenvalue weighted by molar-refractivity contribution is -0.144. The molecule has 0 spiro atoms. The molecule has 1 aromatic heterocycles. The molecule has 3 rings (SSSR count). The van der Waals surface area contributed by atoms with Gasteiger partial charge in [0, 0.05) is 5.69 Å². The highest BCUT2D eigenvalue weighted by Crippen LogP contribution is 2.39.